The Morgan fingerprint density at radius 3 is 2.62 bits per heavy atom. The Morgan fingerprint density at radius 2 is 1.85 bits per heavy atom. The van der Waals surface area contributed by atoms with Gasteiger partial charge in [-0.05, 0) is 36.4 Å². The molecule has 0 aliphatic carbocycles. The second-order valence-electron chi connectivity index (χ2n) is 6.24. The summed E-state index contributed by atoms with van der Waals surface area (Å²) in [5.41, 5.74) is 1.98. The van der Waals surface area contributed by atoms with Gasteiger partial charge in [-0.25, -0.2) is 12.4 Å². The van der Waals surface area contributed by atoms with Crippen molar-refractivity contribution >= 4 is 26.6 Å². The van der Waals surface area contributed by atoms with Crippen LogP contribution in [0.25, 0.3) is 10.9 Å². The summed E-state index contributed by atoms with van der Waals surface area (Å²) in [6, 6.07) is 15.8. The summed E-state index contributed by atoms with van der Waals surface area (Å²) in [6.07, 6.45) is 1.57. The lowest BCUT2D eigenvalue weighted by Gasteiger charge is -2.29. The van der Waals surface area contributed by atoms with Crippen LogP contribution in [-0.2, 0) is 10.0 Å². The van der Waals surface area contributed by atoms with Gasteiger partial charge in [-0.2, -0.15) is 5.26 Å². The first-order chi connectivity index (χ1) is 12.6. The van der Waals surface area contributed by atoms with Crippen LogP contribution in [0.2, 0.25) is 0 Å². The number of nitrogens with zero attached hydrogens (tertiary/aromatic N) is 3. The lowest BCUT2D eigenvalue weighted by Crippen LogP contribution is -2.43. The summed E-state index contributed by atoms with van der Waals surface area (Å²) in [6.45, 7) is 3.61. The highest BCUT2D eigenvalue weighted by Gasteiger charge is 2.20. The number of piperazine rings is 1. The summed E-state index contributed by atoms with van der Waals surface area (Å²) in [7, 11) is -3.77. The van der Waals surface area contributed by atoms with Gasteiger partial charge in [-0.1, -0.05) is 12.1 Å². The quantitative estimate of drug-likeness (QED) is 0.769. The summed E-state index contributed by atoms with van der Waals surface area (Å²) in [4.78, 5) is 2.36. The average molecular weight is 366 g/mol. The average Bonchev–Trinajstić information content (AvgIpc) is 3.12. The maximum absolute atomic E-state index is 13.1. The molecule has 1 aromatic heterocycles. The van der Waals surface area contributed by atoms with Crippen molar-refractivity contribution in [2.45, 2.75) is 4.90 Å². The van der Waals surface area contributed by atoms with Crippen LogP contribution in [-0.4, -0.2) is 38.6 Å². The van der Waals surface area contributed by atoms with Crippen molar-refractivity contribution in [1.82, 2.24) is 9.29 Å². The maximum atomic E-state index is 13.1. The summed E-state index contributed by atoms with van der Waals surface area (Å²) >= 11 is 0. The zero-order valence-corrected chi connectivity index (χ0v) is 14.9. The summed E-state index contributed by atoms with van der Waals surface area (Å²) < 4.78 is 27.5. The van der Waals surface area contributed by atoms with Crippen LogP contribution in [0.5, 0.6) is 0 Å². The van der Waals surface area contributed by atoms with Crippen molar-refractivity contribution < 1.29 is 8.42 Å². The molecule has 1 aliphatic rings. The van der Waals surface area contributed by atoms with E-state index in [-0.39, 0.29) is 4.90 Å². The first kappa shape index (κ1) is 16.6. The van der Waals surface area contributed by atoms with E-state index < -0.39 is 10.0 Å². The molecule has 0 bridgehead atoms. The van der Waals surface area contributed by atoms with Gasteiger partial charge in [0, 0.05) is 43.4 Å². The van der Waals surface area contributed by atoms with Gasteiger partial charge in [0.1, 0.15) is 0 Å². The van der Waals surface area contributed by atoms with Gasteiger partial charge in [-0.15, -0.1) is 0 Å². The molecule has 1 aliphatic heterocycles. The third-order valence-corrected chi connectivity index (χ3v) is 6.33. The number of benzene rings is 2. The SMILES string of the molecule is N#Cc1cccc(S(=O)(=O)n2ccc3ccc(N4CCNCC4)cc32)c1. The Morgan fingerprint density at radius 1 is 1.04 bits per heavy atom. The van der Waals surface area contributed by atoms with Gasteiger partial charge in [0.25, 0.3) is 10.0 Å². The largest absolute Gasteiger partial charge is 0.369 e. The van der Waals surface area contributed by atoms with E-state index in [1.807, 2.05) is 24.3 Å². The molecule has 26 heavy (non-hydrogen) atoms. The van der Waals surface area contributed by atoms with Crippen molar-refractivity contribution in [2.75, 3.05) is 31.1 Å². The monoisotopic (exact) mass is 366 g/mol. The van der Waals surface area contributed by atoms with E-state index in [9.17, 15) is 8.42 Å². The van der Waals surface area contributed by atoms with E-state index >= 15 is 0 Å². The van der Waals surface area contributed by atoms with Crippen molar-refractivity contribution in [3.05, 3.63) is 60.3 Å². The molecule has 0 radical (unpaired) electrons. The second kappa shape index (κ2) is 6.48. The molecule has 0 amide bonds. The van der Waals surface area contributed by atoms with E-state index in [0.717, 1.165) is 37.3 Å². The van der Waals surface area contributed by atoms with Crippen LogP contribution in [0.15, 0.2) is 59.6 Å². The van der Waals surface area contributed by atoms with Crippen LogP contribution in [0, 0.1) is 11.3 Å². The minimum absolute atomic E-state index is 0.113. The van der Waals surface area contributed by atoms with Gasteiger partial charge in [-0.3, -0.25) is 0 Å². The highest BCUT2D eigenvalue weighted by Crippen LogP contribution is 2.27. The number of anilines is 1. The lowest BCUT2D eigenvalue weighted by atomic mass is 10.2. The number of nitriles is 1. The number of hydrogen-bond donors (Lipinski definition) is 1. The predicted molar refractivity (Wildman–Crippen MR) is 101 cm³/mol. The predicted octanol–water partition coefficient (Wildman–Crippen LogP) is 2.16. The van der Waals surface area contributed by atoms with Gasteiger partial charge in [0.2, 0.25) is 0 Å². The van der Waals surface area contributed by atoms with E-state index in [1.165, 1.54) is 16.1 Å². The highest BCUT2D eigenvalue weighted by molar-refractivity contribution is 7.90. The van der Waals surface area contributed by atoms with Crippen LogP contribution in [0.3, 0.4) is 0 Å². The standard InChI is InChI=1S/C19H18N4O2S/c20-14-15-2-1-3-18(12-15)26(24,25)23-9-6-16-4-5-17(13-19(16)23)22-10-7-21-8-11-22/h1-6,9,12-13,21H,7-8,10-11H2. The fraction of sp³-hybridized carbons (Fsp3) is 0.211. The molecule has 6 nitrogen and oxygen atoms in total. The fourth-order valence-corrected chi connectivity index (χ4v) is 4.65. The fourth-order valence-electron chi connectivity index (χ4n) is 3.26. The molecule has 0 atom stereocenters. The molecule has 3 aromatic rings. The number of nitrogens with one attached hydrogen (secondary N) is 1. The van der Waals surface area contributed by atoms with Gasteiger partial charge >= 0.3 is 0 Å². The Balaban J connectivity index is 1.81. The number of fused-ring (bicyclic) bond motifs is 1. The Kier molecular flexibility index (Phi) is 4.15. The first-order valence-corrected chi connectivity index (χ1v) is 9.86. The summed E-state index contributed by atoms with van der Waals surface area (Å²) in [5, 5.41) is 13.2. The molecule has 4 rings (SSSR count). The second-order valence-corrected chi connectivity index (χ2v) is 8.05. The molecule has 1 saturated heterocycles. The molecule has 1 fully saturated rings. The molecular weight excluding hydrogens is 348 g/mol. The van der Waals surface area contributed by atoms with Crippen molar-refractivity contribution in [3.63, 3.8) is 0 Å². The molecule has 7 heteroatoms. The topological polar surface area (TPSA) is 78.1 Å². The molecule has 2 heterocycles. The number of hydrogen-bond acceptors (Lipinski definition) is 5. The van der Waals surface area contributed by atoms with E-state index in [0.29, 0.717) is 11.1 Å². The third kappa shape index (κ3) is 2.83. The zero-order chi connectivity index (χ0) is 18.1. The van der Waals surface area contributed by atoms with Gasteiger partial charge < -0.3 is 10.2 Å². The van der Waals surface area contributed by atoms with Crippen molar-refractivity contribution in [2.24, 2.45) is 0 Å². The normalized spacial score (nSPS) is 15.1. The molecule has 2 aromatic carbocycles. The van der Waals surface area contributed by atoms with E-state index in [1.54, 1.807) is 24.4 Å². The van der Waals surface area contributed by atoms with Crippen molar-refractivity contribution in [3.8, 4) is 6.07 Å². The van der Waals surface area contributed by atoms with Crippen LogP contribution < -0.4 is 10.2 Å². The first-order valence-electron chi connectivity index (χ1n) is 8.42. The molecule has 0 unspecified atom stereocenters. The van der Waals surface area contributed by atoms with E-state index in [2.05, 4.69) is 10.2 Å². The number of rotatable bonds is 3. The van der Waals surface area contributed by atoms with Crippen molar-refractivity contribution in [1.29, 1.82) is 5.26 Å². The minimum atomic E-state index is -3.77. The molecule has 1 N–H and O–H groups in total. The van der Waals surface area contributed by atoms with Crippen LogP contribution >= 0.6 is 0 Å². The molecule has 0 spiro atoms. The van der Waals surface area contributed by atoms with Gasteiger partial charge in [0.15, 0.2) is 0 Å². The lowest BCUT2D eigenvalue weighted by molar-refractivity contribution is 0.588. The number of aromatic nitrogens is 1. The van der Waals surface area contributed by atoms with E-state index in [4.69, 9.17) is 5.26 Å². The van der Waals surface area contributed by atoms with Crippen LogP contribution in [0.1, 0.15) is 5.56 Å². The molecule has 0 saturated carbocycles. The molecular formula is C19H18N4O2S. The minimum Gasteiger partial charge on any atom is -0.369 e. The Hall–Kier alpha value is -2.82. The Labute approximate surface area is 152 Å². The molecule has 132 valence electrons. The third-order valence-electron chi connectivity index (χ3n) is 4.64. The highest BCUT2D eigenvalue weighted by atomic mass is 32.2. The van der Waals surface area contributed by atoms with Crippen LogP contribution in [0.4, 0.5) is 5.69 Å². The smallest absolute Gasteiger partial charge is 0.268 e. The summed E-state index contributed by atoms with van der Waals surface area (Å²) in [5.74, 6) is 0. The zero-order valence-electron chi connectivity index (χ0n) is 14.1. The Bertz CT molecular complexity index is 1110. The van der Waals surface area contributed by atoms with Gasteiger partial charge in [0.05, 0.1) is 22.0 Å². The maximum Gasteiger partial charge on any atom is 0.268 e.